The number of ether oxygens (including phenoxy) is 1. The third kappa shape index (κ3) is 4.03. The highest BCUT2D eigenvalue weighted by Crippen LogP contribution is 2.30. The molecule has 2 aromatic carbocycles. The van der Waals surface area contributed by atoms with Gasteiger partial charge in [0.25, 0.3) is 0 Å². The summed E-state index contributed by atoms with van der Waals surface area (Å²) in [6.07, 6.45) is 1.00. The Morgan fingerprint density at radius 3 is 2.14 bits per heavy atom. The minimum atomic E-state index is -3.48. The topological polar surface area (TPSA) is 49.9 Å². The van der Waals surface area contributed by atoms with Gasteiger partial charge in [-0.15, -0.1) is 0 Å². The van der Waals surface area contributed by atoms with Gasteiger partial charge in [0.05, 0.1) is 17.7 Å². The summed E-state index contributed by atoms with van der Waals surface area (Å²) in [5.74, 6) is 0.813. The number of rotatable bonds is 6. The first-order valence-corrected chi connectivity index (χ1v) is 11.2. The summed E-state index contributed by atoms with van der Waals surface area (Å²) in [6.45, 7) is 8.69. The predicted molar refractivity (Wildman–Crippen MR) is 114 cm³/mol. The molecule has 0 aliphatic carbocycles. The predicted octanol–water partition coefficient (Wildman–Crippen LogP) is 3.89. The van der Waals surface area contributed by atoms with Gasteiger partial charge in [-0.05, 0) is 41.7 Å². The highest BCUT2D eigenvalue weighted by Gasteiger charge is 2.29. The molecular formula is C22H30N2O3S. The number of anilines is 1. The number of sulfonamides is 1. The maximum Gasteiger partial charge on any atom is 0.243 e. The second-order valence-electron chi connectivity index (χ2n) is 7.82. The van der Waals surface area contributed by atoms with Crippen molar-refractivity contribution in [2.24, 2.45) is 0 Å². The third-order valence-corrected chi connectivity index (χ3v) is 7.73. The monoisotopic (exact) mass is 402 g/mol. The number of methoxy groups -OCH3 is 1. The number of benzene rings is 2. The first kappa shape index (κ1) is 20.7. The van der Waals surface area contributed by atoms with Gasteiger partial charge in [0, 0.05) is 26.2 Å². The van der Waals surface area contributed by atoms with Crippen LogP contribution in [0.2, 0.25) is 0 Å². The summed E-state index contributed by atoms with van der Waals surface area (Å²) in [7, 11) is -1.82. The molecule has 0 spiro atoms. The molecule has 1 aliphatic rings. The van der Waals surface area contributed by atoms with Gasteiger partial charge < -0.3 is 9.64 Å². The Morgan fingerprint density at radius 2 is 1.57 bits per heavy atom. The molecule has 5 nitrogen and oxygen atoms in total. The molecule has 0 unspecified atom stereocenters. The molecule has 6 heteroatoms. The zero-order valence-electron chi connectivity index (χ0n) is 17.2. The molecule has 0 N–H and O–H groups in total. The first-order chi connectivity index (χ1) is 13.3. The molecule has 0 aromatic heterocycles. The Kier molecular flexibility index (Phi) is 6.01. The Morgan fingerprint density at radius 1 is 0.964 bits per heavy atom. The van der Waals surface area contributed by atoms with Crippen LogP contribution in [0.3, 0.4) is 0 Å². The number of nitrogens with zero attached hydrogens (tertiary/aromatic N) is 2. The molecule has 3 rings (SSSR count). The maximum atomic E-state index is 13.1. The quantitative estimate of drug-likeness (QED) is 0.735. The van der Waals surface area contributed by atoms with E-state index in [1.165, 1.54) is 0 Å². The lowest BCUT2D eigenvalue weighted by molar-refractivity contribution is 0.378. The normalized spacial score (nSPS) is 16.2. The van der Waals surface area contributed by atoms with E-state index < -0.39 is 10.0 Å². The van der Waals surface area contributed by atoms with E-state index in [0.717, 1.165) is 23.4 Å². The molecule has 1 fully saturated rings. The number of hydrogen-bond donors (Lipinski definition) is 0. The Bertz CT molecular complexity index is 900. The smallest absolute Gasteiger partial charge is 0.243 e. The van der Waals surface area contributed by atoms with E-state index in [4.69, 9.17) is 4.74 Å². The Hall–Kier alpha value is -2.05. The molecule has 0 bridgehead atoms. The van der Waals surface area contributed by atoms with E-state index in [1.807, 2.05) is 36.4 Å². The van der Waals surface area contributed by atoms with Gasteiger partial charge in [-0.25, -0.2) is 8.42 Å². The van der Waals surface area contributed by atoms with Crippen LogP contribution in [-0.2, 0) is 15.4 Å². The van der Waals surface area contributed by atoms with Crippen molar-refractivity contribution in [1.29, 1.82) is 0 Å². The van der Waals surface area contributed by atoms with Gasteiger partial charge in [-0.2, -0.15) is 4.31 Å². The minimum absolute atomic E-state index is 0.0443. The SMILES string of the molecule is CCC(C)(C)c1ccc(S(=O)(=O)N2CCN(c3ccccc3OC)CC2)cc1. The van der Waals surface area contributed by atoms with Gasteiger partial charge >= 0.3 is 0 Å². The fourth-order valence-electron chi connectivity index (χ4n) is 3.49. The molecular weight excluding hydrogens is 372 g/mol. The largest absolute Gasteiger partial charge is 0.495 e. The van der Waals surface area contributed by atoms with Crippen molar-refractivity contribution in [2.75, 3.05) is 38.2 Å². The zero-order valence-corrected chi connectivity index (χ0v) is 18.0. The second-order valence-corrected chi connectivity index (χ2v) is 9.76. The number of hydrogen-bond acceptors (Lipinski definition) is 4. The molecule has 28 heavy (non-hydrogen) atoms. The first-order valence-electron chi connectivity index (χ1n) is 9.78. The summed E-state index contributed by atoms with van der Waals surface area (Å²) < 4.78 is 33.2. The average Bonchev–Trinajstić information content (AvgIpc) is 2.74. The summed E-state index contributed by atoms with van der Waals surface area (Å²) in [4.78, 5) is 2.55. The van der Waals surface area contributed by atoms with Gasteiger partial charge in [-0.3, -0.25) is 0 Å². The van der Waals surface area contributed by atoms with Gasteiger partial charge in [-0.1, -0.05) is 45.0 Å². The van der Waals surface area contributed by atoms with Gasteiger partial charge in [0.2, 0.25) is 10.0 Å². The number of para-hydroxylation sites is 2. The molecule has 1 heterocycles. The van der Waals surface area contributed by atoms with E-state index in [0.29, 0.717) is 31.1 Å². The fourth-order valence-corrected chi connectivity index (χ4v) is 4.91. The molecule has 0 radical (unpaired) electrons. The molecule has 1 aliphatic heterocycles. The van der Waals surface area contributed by atoms with Crippen LogP contribution in [0.4, 0.5) is 5.69 Å². The molecule has 1 saturated heterocycles. The summed E-state index contributed by atoms with van der Waals surface area (Å²) >= 11 is 0. The lowest BCUT2D eigenvalue weighted by Gasteiger charge is -2.36. The lowest BCUT2D eigenvalue weighted by atomic mass is 9.82. The van der Waals surface area contributed by atoms with Crippen LogP contribution < -0.4 is 9.64 Å². The van der Waals surface area contributed by atoms with Gasteiger partial charge in [0.1, 0.15) is 5.75 Å². The van der Waals surface area contributed by atoms with Crippen LogP contribution in [-0.4, -0.2) is 46.0 Å². The van der Waals surface area contributed by atoms with Crippen molar-refractivity contribution in [3.8, 4) is 5.75 Å². The lowest BCUT2D eigenvalue weighted by Crippen LogP contribution is -2.48. The van der Waals surface area contributed by atoms with Crippen molar-refractivity contribution >= 4 is 15.7 Å². The van der Waals surface area contributed by atoms with E-state index in [-0.39, 0.29) is 5.41 Å². The van der Waals surface area contributed by atoms with Crippen LogP contribution in [0.15, 0.2) is 53.4 Å². The highest BCUT2D eigenvalue weighted by atomic mass is 32.2. The van der Waals surface area contributed by atoms with Crippen LogP contribution >= 0.6 is 0 Å². The molecule has 152 valence electrons. The zero-order chi connectivity index (χ0) is 20.4. The molecule has 0 amide bonds. The van der Waals surface area contributed by atoms with Gasteiger partial charge in [0.15, 0.2) is 0 Å². The van der Waals surface area contributed by atoms with Crippen molar-refractivity contribution in [3.05, 3.63) is 54.1 Å². The van der Waals surface area contributed by atoms with Crippen LogP contribution in [0.1, 0.15) is 32.8 Å². The summed E-state index contributed by atoms with van der Waals surface area (Å²) in [5, 5.41) is 0. The third-order valence-electron chi connectivity index (χ3n) is 5.82. The average molecular weight is 403 g/mol. The number of piperazine rings is 1. The van der Waals surface area contributed by atoms with E-state index in [1.54, 1.807) is 23.5 Å². The minimum Gasteiger partial charge on any atom is -0.495 e. The Balaban J connectivity index is 1.73. The summed E-state index contributed by atoms with van der Waals surface area (Å²) in [6, 6.07) is 15.2. The standard InChI is InChI=1S/C22H30N2O3S/c1-5-22(2,3)18-10-12-19(13-11-18)28(25,26)24-16-14-23(15-17-24)20-8-6-7-9-21(20)27-4/h6-13H,5,14-17H2,1-4H3. The van der Waals surface area contributed by atoms with Crippen molar-refractivity contribution < 1.29 is 13.2 Å². The van der Waals surface area contributed by atoms with Crippen molar-refractivity contribution in [2.45, 2.75) is 37.5 Å². The summed E-state index contributed by atoms with van der Waals surface area (Å²) in [5.41, 5.74) is 2.21. The highest BCUT2D eigenvalue weighted by molar-refractivity contribution is 7.89. The maximum absolute atomic E-state index is 13.1. The fraction of sp³-hybridized carbons (Fsp3) is 0.455. The molecule has 2 aromatic rings. The van der Waals surface area contributed by atoms with Crippen molar-refractivity contribution in [1.82, 2.24) is 4.31 Å². The second kappa shape index (κ2) is 8.13. The Labute approximate surface area is 169 Å². The van der Waals surface area contributed by atoms with E-state index in [2.05, 4.69) is 25.7 Å². The van der Waals surface area contributed by atoms with Crippen LogP contribution in [0, 0.1) is 0 Å². The molecule has 0 atom stereocenters. The molecule has 0 saturated carbocycles. The van der Waals surface area contributed by atoms with Crippen molar-refractivity contribution in [3.63, 3.8) is 0 Å². The van der Waals surface area contributed by atoms with Crippen LogP contribution in [0.5, 0.6) is 5.75 Å². The van der Waals surface area contributed by atoms with E-state index in [9.17, 15) is 8.42 Å². The van der Waals surface area contributed by atoms with Crippen LogP contribution in [0.25, 0.3) is 0 Å². The van der Waals surface area contributed by atoms with E-state index >= 15 is 0 Å².